The van der Waals surface area contributed by atoms with Crippen LogP contribution >= 0.6 is 0 Å². The molecule has 3 amide bonds. The second-order valence-corrected chi connectivity index (χ2v) is 8.97. The number of nitrogens with two attached hydrogens (primary N) is 1. The van der Waals surface area contributed by atoms with Crippen LogP contribution in [0.4, 0.5) is 0 Å². The van der Waals surface area contributed by atoms with Crippen molar-refractivity contribution in [3.05, 3.63) is 59.7 Å². The van der Waals surface area contributed by atoms with E-state index in [1.54, 1.807) is 12.1 Å². The van der Waals surface area contributed by atoms with E-state index in [0.29, 0.717) is 11.1 Å². The first-order valence-electron chi connectivity index (χ1n) is 12.0. The molecule has 0 aliphatic rings. The van der Waals surface area contributed by atoms with Crippen molar-refractivity contribution in [3.8, 4) is 11.5 Å². The van der Waals surface area contributed by atoms with Crippen LogP contribution in [0.15, 0.2) is 48.5 Å². The highest BCUT2D eigenvalue weighted by molar-refractivity contribution is 5.94. The summed E-state index contributed by atoms with van der Waals surface area (Å²) in [5.41, 5.74) is 7.14. The number of amides is 3. The number of nitrogens with one attached hydrogen (secondary N) is 3. The lowest BCUT2D eigenvalue weighted by molar-refractivity contribution is -0.141. The van der Waals surface area contributed by atoms with Crippen molar-refractivity contribution < 1.29 is 44.4 Å². The number of benzene rings is 2. The van der Waals surface area contributed by atoms with E-state index < -0.39 is 60.2 Å². The molecule has 2 rings (SSSR count). The fourth-order valence-corrected chi connectivity index (χ4v) is 3.52. The predicted molar refractivity (Wildman–Crippen MR) is 138 cm³/mol. The van der Waals surface area contributed by atoms with E-state index in [9.17, 15) is 34.2 Å². The van der Waals surface area contributed by atoms with Gasteiger partial charge in [-0.25, -0.2) is 0 Å². The summed E-state index contributed by atoms with van der Waals surface area (Å²) in [6, 6.07) is 6.71. The molecule has 4 atom stereocenters. The molecule has 9 N–H and O–H groups in total. The van der Waals surface area contributed by atoms with Crippen LogP contribution in [0, 0.1) is 0 Å². The van der Waals surface area contributed by atoms with E-state index in [1.807, 2.05) is 0 Å². The normalized spacial score (nSPS) is 13.8. The van der Waals surface area contributed by atoms with Gasteiger partial charge in [0, 0.05) is 12.8 Å². The highest BCUT2D eigenvalue weighted by Gasteiger charge is 2.30. The van der Waals surface area contributed by atoms with Crippen LogP contribution < -0.4 is 21.7 Å². The summed E-state index contributed by atoms with van der Waals surface area (Å²) in [5.74, 6) is -4.94. The number of carboxylic acids is 2. The standard InChI is InChI=1S/C26H32N4O9/c1-14(26(38)39)28-25(37)21(13-16-4-8-18(32)9-5-16)30-24(36)20(10-11-22(33)34)29-23(35)19(27)12-15-2-6-17(31)7-3-15/h2-9,14,19-21,31-32H,10-13,27H2,1H3,(H,28,37)(H,29,35)(H,30,36)(H,33,34)(H,38,39)/t14-,19-,20-,21-/m0/s1. The fourth-order valence-electron chi connectivity index (χ4n) is 3.52. The number of phenols is 2. The summed E-state index contributed by atoms with van der Waals surface area (Å²) in [5, 5.41) is 44.3. The summed E-state index contributed by atoms with van der Waals surface area (Å²) in [7, 11) is 0. The zero-order valence-electron chi connectivity index (χ0n) is 21.2. The molecule has 0 spiro atoms. The lowest BCUT2D eigenvalue weighted by atomic mass is 10.0. The second kappa shape index (κ2) is 14.3. The summed E-state index contributed by atoms with van der Waals surface area (Å²) < 4.78 is 0. The van der Waals surface area contributed by atoms with Gasteiger partial charge in [-0.1, -0.05) is 24.3 Å². The third-order valence-electron chi connectivity index (χ3n) is 5.75. The molecule has 0 unspecified atom stereocenters. The molecule has 0 bridgehead atoms. The SMILES string of the molecule is C[C@H](NC(=O)[C@H](Cc1ccc(O)cc1)NC(=O)[C@H](CCC(=O)O)NC(=O)[C@@H](N)Cc1ccc(O)cc1)C(=O)O. The van der Waals surface area contributed by atoms with E-state index in [4.69, 9.17) is 15.9 Å². The van der Waals surface area contributed by atoms with E-state index in [2.05, 4.69) is 16.0 Å². The Labute approximate surface area is 224 Å². The van der Waals surface area contributed by atoms with Gasteiger partial charge in [-0.3, -0.25) is 24.0 Å². The first-order chi connectivity index (χ1) is 18.3. The van der Waals surface area contributed by atoms with Crippen LogP contribution in [-0.4, -0.2) is 74.3 Å². The van der Waals surface area contributed by atoms with Gasteiger partial charge in [-0.15, -0.1) is 0 Å². The summed E-state index contributed by atoms with van der Waals surface area (Å²) in [4.78, 5) is 61.2. The Bertz CT molecular complexity index is 1170. The maximum atomic E-state index is 13.2. The molecule has 0 heterocycles. The van der Waals surface area contributed by atoms with Crippen LogP contribution in [-0.2, 0) is 36.8 Å². The molecule has 0 saturated heterocycles. The molecule has 2 aromatic carbocycles. The zero-order valence-corrected chi connectivity index (χ0v) is 21.2. The number of hydrogen-bond donors (Lipinski definition) is 8. The van der Waals surface area contributed by atoms with E-state index in [0.717, 1.165) is 0 Å². The smallest absolute Gasteiger partial charge is 0.325 e. The molecule has 2 aromatic rings. The van der Waals surface area contributed by atoms with Crippen LogP contribution in [0.3, 0.4) is 0 Å². The first kappa shape index (κ1) is 30.6. The van der Waals surface area contributed by atoms with Crippen LogP contribution in [0.5, 0.6) is 11.5 Å². The number of aromatic hydroxyl groups is 2. The van der Waals surface area contributed by atoms with E-state index in [-0.39, 0.29) is 30.8 Å². The van der Waals surface area contributed by atoms with Crippen molar-refractivity contribution in [2.75, 3.05) is 0 Å². The van der Waals surface area contributed by atoms with E-state index in [1.165, 1.54) is 43.3 Å². The topological polar surface area (TPSA) is 228 Å². The molecule has 0 aliphatic carbocycles. The predicted octanol–water partition coefficient (Wildman–Crippen LogP) is -0.366. The molecule has 13 nitrogen and oxygen atoms in total. The van der Waals surface area contributed by atoms with Gasteiger partial charge < -0.3 is 42.1 Å². The quantitative estimate of drug-likeness (QED) is 0.154. The van der Waals surface area contributed by atoms with Gasteiger partial charge in [-0.2, -0.15) is 0 Å². The minimum atomic E-state index is -1.37. The maximum Gasteiger partial charge on any atom is 0.325 e. The molecule has 39 heavy (non-hydrogen) atoms. The van der Waals surface area contributed by atoms with Crippen molar-refractivity contribution >= 4 is 29.7 Å². The van der Waals surface area contributed by atoms with Crippen molar-refractivity contribution in [1.29, 1.82) is 0 Å². The molecule has 0 saturated carbocycles. The molecule has 0 fully saturated rings. The Kier molecular flexibility index (Phi) is 11.2. The number of carbonyl (C=O) groups excluding carboxylic acids is 3. The maximum absolute atomic E-state index is 13.2. The van der Waals surface area contributed by atoms with Gasteiger partial charge in [-0.05, 0) is 55.2 Å². The minimum absolute atomic E-state index is 0.0247. The van der Waals surface area contributed by atoms with Crippen molar-refractivity contribution in [2.24, 2.45) is 5.73 Å². The van der Waals surface area contributed by atoms with Crippen molar-refractivity contribution in [2.45, 2.75) is 56.8 Å². The van der Waals surface area contributed by atoms with Crippen LogP contribution in [0.2, 0.25) is 0 Å². The molecule has 0 radical (unpaired) electrons. The molecule has 0 aromatic heterocycles. The number of carbonyl (C=O) groups is 5. The molecule has 210 valence electrons. The van der Waals surface area contributed by atoms with Gasteiger partial charge in [0.1, 0.15) is 29.6 Å². The average Bonchev–Trinajstić information content (AvgIpc) is 2.88. The fraction of sp³-hybridized carbons (Fsp3) is 0.346. The largest absolute Gasteiger partial charge is 0.508 e. The number of hydrogen-bond acceptors (Lipinski definition) is 8. The number of rotatable bonds is 14. The number of aliphatic carboxylic acids is 2. The molecule has 13 heteroatoms. The average molecular weight is 545 g/mol. The van der Waals surface area contributed by atoms with Crippen LogP contribution in [0.25, 0.3) is 0 Å². The second-order valence-electron chi connectivity index (χ2n) is 8.97. The Morgan fingerprint density at radius 2 is 1.18 bits per heavy atom. The van der Waals surface area contributed by atoms with Gasteiger partial charge >= 0.3 is 11.9 Å². The molecule has 0 aliphatic heterocycles. The number of carboxylic acid groups (broad SMARTS) is 2. The van der Waals surface area contributed by atoms with Gasteiger partial charge in [0.05, 0.1) is 6.04 Å². The van der Waals surface area contributed by atoms with Gasteiger partial charge in [0.25, 0.3) is 0 Å². The van der Waals surface area contributed by atoms with Gasteiger partial charge in [0.15, 0.2) is 0 Å². The lowest BCUT2D eigenvalue weighted by Crippen LogP contribution is -2.57. The third kappa shape index (κ3) is 10.3. The number of phenolic OH excluding ortho intramolecular Hbond substituents is 2. The Hall–Kier alpha value is -4.65. The Morgan fingerprint density at radius 3 is 1.67 bits per heavy atom. The van der Waals surface area contributed by atoms with E-state index >= 15 is 0 Å². The lowest BCUT2D eigenvalue weighted by Gasteiger charge is -2.25. The summed E-state index contributed by atoms with van der Waals surface area (Å²) in [6.07, 6.45) is -0.809. The Balaban J connectivity index is 2.19. The molecular weight excluding hydrogens is 512 g/mol. The summed E-state index contributed by atoms with van der Waals surface area (Å²) in [6.45, 7) is 1.24. The first-order valence-corrected chi connectivity index (χ1v) is 12.0. The minimum Gasteiger partial charge on any atom is -0.508 e. The highest BCUT2D eigenvalue weighted by atomic mass is 16.4. The third-order valence-corrected chi connectivity index (χ3v) is 5.75. The van der Waals surface area contributed by atoms with Crippen molar-refractivity contribution in [3.63, 3.8) is 0 Å². The monoisotopic (exact) mass is 544 g/mol. The van der Waals surface area contributed by atoms with Crippen LogP contribution in [0.1, 0.15) is 30.9 Å². The van der Waals surface area contributed by atoms with Crippen molar-refractivity contribution in [1.82, 2.24) is 16.0 Å². The summed E-state index contributed by atoms with van der Waals surface area (Å²) >= 11 is 0. The highest BCUT2D eigenvalue weighted by Crippen LogP contribution is 2.13. The molecular formula is C26H32N4O9. The zero-order chi connectivity index (χ0) is 29.1. The van der Waals surface area contributed by atoms with Gasteiger partial charge in [0.2, 0.25) is 17.7 Å². The Morgan fingerprint density at radius 1 is 0.718 bits per heavy atom.